The van der Waals surface area contributed by atoms with E-state index in [1.807, 2.05) is 0 Å². The number of anilines is 1. The third kappa shape index (κ3) is 2.29. The van der Waals surface area contributed by atoms with E-state index in [4.69, 9.17) is 5.73 Å². The van der Waals surface area contributed by atoms with E-state index in [1.165, 1.54) is 6.20 Å². The molecule has 0 atom stereocenters. The molecular formula is C8H9N7O. The van der Waals surface area contributed by atoms with Gasteiger partial charge in [0.05, 0.1) is 18.4 Å². The monoisotopic (exact) mass is 219 g/mol. The molecule has 2 heterocycles. The summed E-state index contributed by atoms with van der Waals surface area (Å²) in [5.41, 5.74) is 6.25. The molecule has 0 unspecified atom stereocenters. The van der Waals surface area contributed by atoms with Crippen LogP contribution >= 0.6 is 0 Å². The van der Waals surface area contributed by atoms with Crippen LogP contribution in [0, 0.1) is 0 Å². The Balaban J connectivity index is 1.95. The number of nitrogens with zero attached hydrogens (tertiary/aromatic N) is 4. The minimum atomic E-state index is -0.315. The molecule has 0 aliphatic heterocycles. The van der Waals surface area contributed by atoms with Crippen molar-refractivity contribution in [3.63, 3.8) is 0 Å². The van der Waals surface area contributed by atoms with Gasteiger partial charge in [-0.3, -0.25) is 4.79 Å². The molecule has 0 bridgehead atoms. The van der Waals surface area contributed by atoms with Crippen LogP contribution in [0.3, 0.4) is 0 Å². The van der Waals surface area contributed by atoms with Crippen LogP contribution in [0.5, 0.6) is 0 Å². The third-order valence-electron chi connectivity index (χ3n) is 1.82. The predicted molar refractivity (Wildman–Crippen MR) is 54.0 cm³/mol. The maximum atomic E-state index is 11.6. The smallest absolute Gasteiger partial charge is 0.270 e. The van der Waals surface area contributed by atoms with Crippen LogP contribution in [0.25, 0.3) is 0 Å². The van der Waals surface area contributed by atoms with E-state index in [-0.39, 0.29) is 18.1 Å². The average Bonchev–Trinajstić information content (AvgIpc) is 2.80. The highest BCUT2D eigenvalue weighted by Crippen LogP contribution is 2.00. The van der Waals surface area contributed by atoms with E-state index < -0.39 is 0 Å². The van der Waals surface area contributed by atoms with Crippen LogP contribution in [-0.2, 0) is 6.54 Å². The Morgan fingerprint density at radius 1 is 1.50 bits per heavy atom. The maximum absolute atomic E-state index is 11.6. The summed E-state index contributed by atoms with van der Waals surface area (Å²) in [6, 6.07) is 3.15. The van der Waals surface area contributed by atoms with Crippen molar-refractivity contribution in [3.8, 4) is 0 Å². The second-order valence-corrected chi connectivity index (χ2v) is 2.99. The fraction of sp³-hybridized carbons (Fsp3) is 0.125. The molecule has 0 fully saturated rings. The van der Waals surface area contributed by atoms with Crippen molar-refractivity contribution < 1.29 is 4.79 Å². The minimum Gasteiger partial charge on any atom is -0.397 e. The Kier molecular flexibility index (Phi) is 2.72. The summed E-state index contributed by atoms with van der Waals surface area (Å²) < 4.78 is 0. The van der Waals surface area contributed by atoms with Gasteiger partial charge in [-0.15, -0.1) is 10.2 Å². The molecule has 0 saturated carbocycles. The summed E-state index contributed by atoms with van der Waals surface area (Å²) in [4.78, 5) is 15.4. The first-order valence-corrected chi connectivity index (χ1v) is 4.48. The summed E-state index contributed by atoms with van der Waals surface area (Å²) >= 11 is 0. The fourth-order valence-electron chi connectivity index (χ4n) is 1.05. The topological polar surface area (TPSA) is 122 Å². The molecule has 0 radical (unpaired) electrons. The number of aromatic amines is 1. The standard InChI is InChI=1S/C8H9N7O/c9-5-1-2-6(10-3-5)8(16)11-4-7-12-14-15-13-7/h1-3H,4,9H2,(H,11,16)(H,12,13,14,15). The molecule has 4 N–H and O–H groups in total. The summed E-state index contributed by atoms with van der Waals surface area (Å²) in [6.07, 6.45) is 1.42. The molecule has 0 spiro atoms. The third-order valence-corrected chi connectivity index (χ3v) is 1.82. The van der Waals surface area contributed by atoms with Crippen molar-refractivity contribution in [2.24, 2.45) is 0 Å². The Labute approximate surface area is 90.3 Å². The van der Waals surface area contributed by atoms with Crippen molar-refractivity contribution >= 4 is 11.6 Å². The Hall–Kier alpha value is -2.51. The molecule has 0 aliphatic carbocycles. The Bertz CT molecular complexity index is 464. The number of tetrazole rings is 1. The van der Waals surface area contributed by atoms with Gasteiger partial charge in [0.2, 0.25) is 0 Å². The number of nitrogen functional groups attached to an aromatic ring is 1. The molecule has 2 aromatic heterocycles. The first-order valence-electron chi connectivity index (χ1n) is 4.48. The number of aromatic nitrogens is 5. The number of amides is 1. The van der Waals surface area contributed by atoms with Crippen LogP contribution in [-0.4, -0.2) is 31.5 Å². The highest BCUT2D eigenvalue weighted by molar-refractivity contribution is 5.92. The van der Waals surface area contributed by atoms with E-state index in [0.29, 0.717) is 11.5 Å². The number of nitrogens with two attached hydrogens (primary N) is 1. The SMILES string of the molecule is Nc1ccc(C(=O)NCc2nn[nH]n2)nc1. The average molecular weight is 219 g/mol. The van der Waals surface area contributed by atoms with Gasteiger partial charge in [-0.1, -0.05) is 5.21 Å². The van der Waals surface area contributed by atoms with Crippen LogP contribution in [0.2, 0.25) is 0 Å². The van der Waals surface area contributed by atoms with Gasteiger partial charge in [0.25, 0.3) is 5.91 Å². The quantitative estimate of drug-likeness (QED) is 0.615. The van der Waals surface area contributed by atoms with Crippen molar-refractivity contribution in [1.82, 2.24) is 30.9 Å². The first kappa shape index (κ1) is 10.0. The van der Waals surface area contributed by atoms with E-state index in [9.17, 15) is 4.79 Å². The van der Waals surface area contributed by atoms with Crippen molar-refractivity contribution in [1.29, 1.82) is 0 Å². The molecule has 0 saturated heterocycles. The molecule has 8 nitrogen and oxygen atoms in total. The number of hydrogen-bond acceptors (Lipinski definition) is 6. The molecule has 1 amide bonds. The molecule has 2 aromatic rings. The van der Waals surface area contributed by atoms with Gasteiger partial charge in [0.15, 0.2) is 5.82 Å². The number of pyridine rings is 1. The second kappa shape index (κ2) is 4.34. The zero-order chi connectivity index (χ0) is 11.4. The van der Waals surface area contributed by atoms with Crippen LogP contribution in [0.4, 0.5) is 5.69 Å². The lowest BCUT2D eigenvalue weighted by Gasteiger charge is -2.01. The Morgan fingerprint density at radius 3 is 3.00 bits per heavy atom. The summed E-state index contributed by atoms with van der Waals surface area (Å²) in [6.45, 7) is 0.196. The Morgan fingerprint density at radius 2 is 2.38 bits per heavy atom. The number of nitrogens with one attached hydrogen (secondary N) is 2. The van der Waals surface area contributed by atoms with Crippen molar-refractivity contribution in [2.45, 2.75) is 6.54 Å². The maximum Gasteiger partial charge on any atom is 0.270 e. The summed E-state index contributed by atoms with van der Waals surface area (Å²) in [5.74, 6) is 0.0913. The van der Waals surface area contributed by atoms with Gasteiger partial charge >= 0.3 is 0 Å². The van der Waals surface area contributed by atoms with E-state index in [2.05, 4.69) is 30.9 Å². The normalized spacial score (nSPS) is 10.0. The number of H-pyrrole nitrogens is 1. The lowest BCUT2D eigenvalue weighted by atomic mass is 10.3. The zero-order valence-electron chi connectivity index (χ0n) is 8.21. The van der Waals surface area contributed by atoms with Gasteiger partial charge in [-0.2, -0.15) is 5.21 Å². The minimum absolute atomic E-state index is 0.196. The largest absolute Gasteiger partial charge is 0.397 e. The van der Waals surface area contributed by atoms with Gasteiger partial charge in [-0.05, 0) is 12.1 Å². The highest BCUT2D eigenvalue weighted by atomic mass is 16.1. The molecule has 0 aromatic carbocycles. The molecule has 82 valence electrons. The van der Waals surface area contributed by atoms with Crippen LogP contribution < -0.4 is 11.1 Å². The molecule has 16 heavy (non-hydrogen) atoms. The lowest BCUT2D eigenvalue weighted by molar-refractivity contribution is 0.0945. The van der Waals surface area contributed by atoms with Gasteiger partial charge < -0.3 is 11.1 Å². The van der Waals surface area contributed by atoms with Crippen LogP contribution in [0.15, 0.2) is 18.3 Å². The predicted octanol–water partition coefficient (Wildman–Crippen LogP) is -0.893. The molecule has 0 aliphatic rings. The fourth-order valence-corrected chi connectivity index (χ4v) is 1.05. The number of carbonyl (C=O) groups is 1. The van der Waals surface area contributed by atoms with Gasteiger partial charge in [0.1, 0.15) is 5.69 Å². The summed E-state index contributed by atoms with van der Waals surface area (Å²) in [7, 11) is 0. The zero-order valence-corrected chi connectivity index (χ0v) is 8.21. The summed E-state index contributed by atoms with van der Waals surface area (Å²) in [5, 5.41) is 15.6. The number of rotatable bonds is 3. The van der Waals surface area contributed by atoms with Crippen LogP contribution in [0.1, 0.15) is 16.3 Å². The number of hydrogen-bond donors (Lipinski definition) is 3. The molecule has 2 rings (SSSR count). The second-order valence-electron chi connectivity index (χ2n) is 2.99. The van der Waals surface area contributed by atoms with E-state index in [1.54, 1.807) is 12.1 Å². The van der Waals surface area contributed by atoms with Gasteiger partial charge in [0, 0.05) is 0 Å². The van der Waals surface area contributed by atoms with Crippen molar-refractivity contribution in [3.05, 3.63) is 29.8 Å². The van der Waals surface area contributed by atoms with Gasteiger partial charge in [-0.25, -0.2) is 4.98 Å². The van der Waals surface area contributed by atoms with Crippen molar-refractivity contribution in [2.75, 3.05) is 5.73 Å². The number of carbonyl (C=O) groups excluding carboxylic acids is 1. The lowest BCUT2D eigenvalue weighted by Crippen LogP contribution is -2.24. The van der Waals surface area contributed by atoms with E-state index >= 15 is 0 Å². The molecular weight excluding hydrogens is 210 g/mol. The highest BCUT2D eigenvalue weighted by Gasteiger charge is 2.07. The first-order chi connectivity index (χ1) is 7.75. The van der Waals surface area contributed by atoms with E-state index in [0.717, 1.165) is 0 Å². The molecule has 8 heteroatoms.